The van der Waals surface area contributed by atoms with E-state index in [0.29, 0.717) is 24.7 Å². The fourth-order valence-electron chi connectivity index (χ4n) is 1.70. The molecule has 0 aliphatic rings. The van der Waals surface area contributed by atoms with Crippen molar-refractivity contribution in [3.8, 4) is 11.5 Å². The van der Waals surface area contributed by atoms with Crippen LogP contribution in [0.5, 0.6) is 11.5 Å². The zero-order valence-electron chi connectivity index (χ0n) is 12.5. The lowest BCUT2D eigenvalue weighted by Crippen LogP contribution is -2.29. The number of benzene rings is 1. The van der Waals surface area contributed by atoms with Gasteiger partial charge in [-0.3, -0.25) is 4.79 Å². The van der Waals surface area contributed by atoms with Crippen LogP contribution in [-0.2, 0) is 4.79 Å². The van der Waals surface area contributed by atoms with E-state index in [2.05, 4.69) is 12.2 Å². The lowest BCUT2D eigenvalue weighted by atomic mass is 10.2. The number of carbonyl (C=O) groups excluding carboxylic acids is 1. The van der Waals surface area contributed by atoms with Gasteiger partial charge in [0.1, 0.15) is 0 Å². The second-order valence-corrected chi connectivity index (χ2v) is 4.64. The minimum absolute atomic E-state index is 0.0264. The third kappa shape index (κ3) is 6.45. The molecule has 1 N–H and O–H groups in total. The molecule has 0 fully saturated rings. The van der Waals surface area contributed by atoms with Gasteiger partial charge in [-0.1, -0.05) is 38.8 Å². The van der Waals surface area contributed by atoms with E-state index in [4.69, 9.17) is 9.47 Å². The maximum absolute atomic E-state index is 11.6. The second-order valence-electron chi connectivity index (χ2n) is 4.64. The molecule has 1 rings (SSSR count). The van der Waals surface area contributed by atoms with Gasteiger partial charge in [-0.05, 0) is 25.0 Å². The Balaban J connectivity index is 2.35. The average molecular weight is 279 g/mol. The maximum Gasteiger partial charge on any atom is 0.257 e. The molecule has 4 nitrogen and oxygen atoms in total. The van der Waals surface area contributed by atoms with Crippen molar-refractivity contribution in [3.63, 3.8) is 0 Å². The fraction of sp³-hybridized carbons (Fsp3) is 0.562. The summed E-state index contributed by atoms with van der Waals surface area (Å²) in [5.74, 6) is 1.21. The molecular weight excluding hydrogens is 254 g/mol. The topological polar surface area (TPSA) is 47.6 Å². The van der Waals surface area contributed by atoms with Gasteiger partial charge in [0.25, 0.3) is 5.91 Å². The predicted octanol–water partition coefficient (Wildman–Crippen LogP) is 3.16. The molecule has 1 aromatic rings. The minimum Gasteiger partial charge on any atom is -0.490 e. The molecule has 112 valence electrons. The summed E-state index contributed by atoms with van der Waals surface area (Å²) in [6, 6.07) is 7.43. The zero-order valence-corrected chi connectivity index (χ0v) is 12.5. The summed E-state index contributed by atoms with van der Waals surface area (Å²) < 4.78 is 11.1. The molecule has 1 aromatic carbocycles. The third-order valence-corrected chi connectivity index (χ3v) is 2.77. The molecule has 1 amide bonds. The highest BCUT2D eigenvalue weighted by molar-refractivity contribution is 5.77. The van der Waals surface area contributed by atoms with Crippen molar-refractivity contribution in [2.75, 3.05) is 19.8 Å². The lowest BCUT2D eigenvalue weighted by molar-refractivity contribution is -0.123. The largest absolute Gasteiger partial charge is 0.490 e. The molecule has 0 aromatic heterocycles. The number of ether oxygens (including phenoxy) is 2. The van der Waals surface area contributed by atoms with E-state index in [1.165, 1.54) is 0 Å². The Morgan fingerprint density at radius 3 is 2.40 bits per heavy atom. The Kier molecular flexibility index (Phi) is 8.27. The second kappa shape index (κ2) is 10.1. The first-order chi connectivity index (χ1) is 9.77. The van der Waals surface area contributed by atoms with Gasteiger partial charge in [0, 0.05) is 6.54 Å². The van der Waals surface area contributed by atoms with E-state index in [-0.39, 0.29) is 12.5 Å². The van der Waals surface area contributed by atoms with Gasteiger partial charge in [0.05, 0.1) is 6.61 Å². The molecule has 0 bridgehead atoms. The minimum atomic E-state index is -0.0913. The van der Waals surface area contributed by atoms with Gasteiger partial charge in [-0.2, -0.15) is 0 Å². The molecule has 0 aliphatic carbocycles. The smallest absolute Gasteiger partial charge is 0.257 e. The highest BCUT2D eigenvalue weighted by Gasteiger charge is 2.06. The summed E-state index contributed by atoms with van der Waals surface area (Å²) in [6.07, 6.45) is 4.23. The number of hydrogen-bond donors (Lipinski definition) is 1. The molecule has 0 spiro atoms. The van der Waals surface area contributed by atoms with Gasteiger partial charge >= 0.3 is 0 Å². The highest BCUT2D eigenvalue weighted by Crippen LogP contribution is 2.26. The zero-order chi connectivity index (χ0) is 14.6. The monoisotopic (exact) mass is 279 g/mol. The molecule has 0 aliphatic heterocycles. The molecule has 0 atom stereocenters. The van der Waals surface area contributed by atoms with Crippen molar-refractivity contribution < 1.29 is 14.3 Å². The van der Waals surface area contributed by atoms with Gasteiger partial charge < -0.3 is 14.8 Å². The van der Waals surface area contributed by atoms with Crippen LogP contribution in [0.3, 0.4) is 0 Å². The van der Waals surface area contributed by atoms with Crippen LogP contribution < -0.4 is 14.8 Å². The quantitative estimate of drug-likeness (QED) is 0.669. The number of rotatable bonds is 10. The van der Waals surface area contributed by atoms with Gasteiger partial charge in [-0.25, -0.2) is 0 Å². The molecule has 0 heterocycles. The summed E-state index contributed by atoms with van der Waals surface area (Å²) in [6.45, 7) is 5.57. The van der Waals surface area contributed by atoms with Crippen LogP contribution >= 0.6 is 0 Å². The fourth-order valence-corrected chi connectivity index (χ4v) is 1.70. The van der Waals surface area contributed by atoms with Crippen LogP contribution in [0.4, 0.5) is 0 Å². The van der Waals surface area contributed by atoms with Gasteiger partial charge in [0.2, 0.25) is 0 Å². The van der Waals surface area contributed by atoms with Crippen LogP contribution in [0.1, 0.15) is 39.5 Å². The van der Waals surface area contributed by atoms with E-state index in [9.17, 15) is 4.79 Å². The van der Waals surface area contributed by atoms with Gasteiger partial charge in [0.15, 0.2) is 18.1 Å². The van der Waals surface area contributed by atoms with Crippen LogP contribution in [0.15, 0.2) is 24.3 Å². The Bertz CT molecular complexity index is 393. The first-order valence-electron chi connectivity index (χ1n) is 7.39. The van der Waals surface area contributed by atoms with Crippen LogP contribution in [0.2, 0.25) is 0 Å². The molecule has 0 unspecified atom stereocenters. The Morgan fingerprint density at radius 1 is 1.05 bits per heavy atom. The lowest BCUT2D eigenvalue weighted by Gasteiger charge is -2.12. The Morgan fingerprint density at radius 2 is 1.75 bits per heavy atom. The van der Waals surface area contributed by atoms with Crippen molar-refractivity contribution in [1.29, 1.82) is 0 Å². The van der Waals surface area contributed by atoms with E-state index in [1.54, 1.807) is 0 Å². The van der Waals surface area contributed by atoms with E-state index in [0.717, 1.165) is 25.7 Å². The summed E-state index contributed by atoms with van der Waals surface area (Å²) in [7, 11) is 0. The molecule has 4 heteroatoms. The van der Waals surface area contributed by atoms with E-state index < -0.39 is 0 Å². The highest BCUT2D eigenvalue weighted by atomic mass is 16.5. The van der Waals surface area contributed by atoms with Crippen LogP contribution in [0.25, 0.3) is 0 Å². The van der Waals surface area contributed by atoms with Crippen molar-refractivity contribution in [2.24, 2.45) is 0 Å². The van der Waals surface area contributed by atoms with E-state index in [1.807, 2.05) is 31.2 Å². The number of carbonyl (C=O) groups is 1. The molecule has 0 radical (unpaired) electrons. The number of para-hydroxylation sites is 2. The number of amides is 1. The molecule has 20 heavy (non-hydrogen) atoms. The Hall–Kier alpha value is -1.71. The van der Waals surface area contributed by atoms with Crippen LogP contribution in [0, 0.1) is 0 Å². The van der Waals surface area contributed by atoms with Crippen molar-refractivity contribution in [3.05, 3.63) is 24.3 Å². The average Bonchev–Trinajstić information content (AvgIpc) is 2.48. The number of hydrogen-bond acceptors (Lipinski definition) is 3. The summed E-state index contributed by atoms with van der Waals surface area (Å²) in [5.41, 5.74) is 0. The predicted molar refractivity (Wildman–Crippen MR) is 80.3 cm³/mol. The maximum atomic E-state index is 11.6. The molecule has 0 saturated carbocycles. The standard InChI is InChI=1S/C16H25NO3/c1-3-5-8-11-17-16(18)13-20-15-10-7-6-9-14(15)19-12-4-2/h6-7,9-10H,3-5,8,11-13H2,1-2H3,(H,17,18). The molecule has 0 saturated heterocycles. The van der Waals surface area contributed by atoms with Crippen molar-refractivity contribution >= 4 is 5.91 Å². The van der Waals surface area contributed by atoms with Crippen LogP contribution in [-0.4, -0.2) is 25.7 Å². The van der Waals surface area contributed by atoms with Crippen molar-refractivity contribution in [2.45, 2.75) is 39.5 Å². The number of unbranched alkanes of at least 4 members (excludes halogenated alkanes) is 2. The molecular formula is C16H25NO3. The number of nitrogens with one attached hydrogen (secondary N) is 1. The first-order valence-corrected chi connectivity index (χ1v) is 7.39. The summed E-state index contributed by atoms with van der Waals surface area (Å²) >= 11 is 0. The normalized spacial score (nSPS) is 10.1. The SMILES string of the molecule is CCCCCNC(=O)COc1ccccc1OCCC. The summed E-state index contributed by atoms with van der Waals surface area (Å²) in [5, 5.41) is 2.85. The van der Waals surface area contributed by atoms with Gasteiger partial charge in [-0.15, -0.1) is 0 Å². The van der Waals surface area contributed by atoms with E-state index >= 15 is 0 Å². The first kappa shape index (κ1) is 16.3. The Labute approximate surface area is 121 Å². The van der Waals surface area contributed by atoms with Crippen molar-refractivity contribution in [1.82, 2.24) is 5.32 Å². The third-order valence-electron chi connectivity index (χ3n) is 2.77. The summed E-state index contributed by atoms with van der Waals surface area (Å²) in [4.78, 5) is 11.6.